The summed E-state index contributed by atoms with van der Waals surface area (Å²) in [6, 6.07) is 5.07. The van der Waals surface area contributed by atoms with Crippen molar-refractivity contribution < 1.29 is 0 Å². The highest BCUT2D eigenvalue weighted by atomic mass is 79.9. The number of nitrogens with zero attached hydrogens (tertiary/aromatic N) is 2. The van der Waals surface area contributed by atoms with Gasteiger partial charge in [-0.1, -0.05) is 11.6 Å². The van der Waals surface area contributed by atoms with Crippen molar-refractivity contribution in [1.82, 2.24) is 0 Å². The molecule has 0 heterocycles. The summed E-state index contributed by atoms with van der Waals surface area (Å²) in [7, 11) is 0. The zero-order valence-electron chi connectivity index (χ0n) is 8.26. The SMILES string of the molecule is N#C/C(=N\Nc1cc(Br)c(Cl)c(Br)c1)C(=N)N. The Kier molecular flexibility index (Phi) is 4.93. The minimum Gasteiger partial charge on any atom is -0.382 e. The first kappa shape index (κ1) is 14.0. The van der Waals surface area contributed by atoms with Gasteiger partial charge in [-0.05, 0) is 44.0 Å². The van der Waals surface area contributed by atoms with E-state index in [-0.39, 0.29) is 5.71 Å². The fraction of sp³-hybridized carbons (Fsp3) is 0. The Hall–Kier alpha value is -1.10. The first-order valence-electron chi connectivity index (χ1n) is 4.18. The van der Waals surface area contributed by atoms with Gasteiger partial charge in [0.15, 0.2) is 5.84 Å². The van der Waals surface area contributed by atoms with Crippen molar-refractivity contribution in [2.24, 2.45) is 10.8 Å². The predicted octanol–water partition coefficient (Wildman–Crippen LogP) is 3.09. The molecule has 0 saturated carbocycles. The molecule has 1 aromatic carbocycles. The topological polar surface area (TPSA) is 98.0 Å². The lowest BCUT2D eigenvalue weighted by molar-refractivity contribution is 1.33. The summed E-state index contributed by atoms with van der Waals surface area (Å²) in [5.74, 6) is -0.396. The van der Waals surface area contributed by atoms with E-state index in [0.717, 1.165) is 0 Å². The van der Waals surface area contributed by atoms with E-state index in [1.54, 1.807) is 18.2 Å². The summed E-state index contributed by atoms with van der Waals surface area (Å²) in [6.07, 6.45) is 0. The second-order valence-corrected chi connectivity index (χ2v) is 4.94. The molecule has 0 unspecified atom stereocenters. The van der Waals surface area contributed by atoms with Crippen LogP contribution in [0.5, 0.6) is 0 Å². The van der Waals surface area contributed by atoms with Crippen LogP contribution in [0.3, 0.4) is 0 Å². The van der Waals surface area contributed by atoms with E-state index in [0.29, 0.717) is 19.7 Å². The first-order valence-corrected chi connectivity index (χ1v) is 6.15. The molecule has 88 valence electrons. The van der Waals surface area contributed by atoms with E-state index >= 15 is 0 Å². The van der Waals surface area contributed by atoms with Crippen LogP contribution in [-0.4, -0.2) is 11.5 Å². The molecule has 0 aliphatic carbocycles. The van der Waals surface area contributed by atoms with Gasteiger partial charge >= 0.3 is 0 Å². The Bertz CT molecular complexity index is 512. The third kappa shape index (κ3) is 3.70. The largest absolute Gasteiger partial charge is 0.382 e. The summed E-state index contributed by atoms with van der Waals surface area (Å²) >= 11 is 12.5. The lowest BCUT2D eigenvalue weighted by Gasteiger charge is -2.05. The molecule has 0 aliphatic rings. The summed E-state index contributed by atoms with van der Waals surface area (Å²) in [5, 5.41) is 20.0. The maximum atomic E-state index is 8.65. The molecule has 4 N–H and O–H groups in total. The van der Waals surface area contributed by atoms with Gasteiger partial charge in [0.25, 0.3) is 0 Å². The van der Waals surface area contributed by atoms with Crippen LogP contribution in [0.25, 0.3) is 0 Å². The lowest BCUT2D eigenvalue weighted by atomic mass is 10.3. The van der Waals surface area contributed by atoms with Gasteiger partial charge in [0.1, 0.15) is 6.07 Å². The standard InChI is InChI=1S/C9H6Br2ClN5/c10-5-1-4(2-6(11)8(5)12)16-17-7(3-13)9(14)15/h1-2,16H,(H3,14,15)/b17-7+. The van der Waals surface area contributed by atoms with Crippen molar-refractivity contribution in [3.05, 3.63) is 26.1 Å². The van der Waals surface area contributed by atoms with Gasteiger partial charge in [0, 0.05) is 8.95 Å². The van der Waals surface area contributed by atoms with E-state index in [1.807, 2.05) is 0 Å². The number of benzene rings is 1. The number of hydrogen-bond donors (Lipinski definition) is 3. The number of rotatable bonds is 3. The molecule has 0 radical (unpaired) electrons. The van der Waals surface area contributed by atoms with Crippen LogP contribution in [-0.2, 0) is 0 Å². The Balaban J connectivity index is 2.98. The van der Waals surface area contributed by atoms with Crippen molar-refractivity contribution in [2.45, 2.75) is 0 Å². The van der Waals surface area contributed by atoms with Crippen LogP contribution in [0.15, 0.2) is 26.2 Å². The highest BCUT2D eigenvalue weighted by molar-refractivity contribution is 9.11. The van der Waals surface area contributed by atoms with Crippen molar-refractivity contribution in [3.8, 4) is 6.07 Å². The molecular formula is C9H6Br2ClN5. The molecule has 5 nitrogen and oxygen atoms in total. The number of nitriles is 1. The molecule has 1 aromatic rings. The number of hydrazone groups is 1. The van der Waals surface area contributed by atoms with Gasteiger partial charge < -0.3 is 5.73 Å². The number of anilines is 1. The van der Waals surface area contributed by atoms with Crippen LogP contribution >= 0.6 is 43.5 Å². The number of nitrogens with two attached hydrogens (primary N) is 1. The molecule has 0 spiro atoms. The van der Waals surface area contributed by atoms with E-state index in [9.17, 15) is 0 Å². The molecular weight excluding hydrogens is 373 g/mol. The van der Waals surface area contributed by atoms with Gasteiger partial charge in [0.2, 0.25) is 5.71 Å². The van der Waals surface area contributed by atoms with Gasteiger partial charge in [-0.2, -0.15) is 10.4 Å². The fourth-order valence-corrected chi connectivity index (χ4v) is 2.18. The summed E-state index contributed by atoms with van der Waals surface area (Å²) in [5.41, 5.74) is 8.17. The van der Waals surface area contributed by atoms with Gasteiger partial charge in [-0.3, -0.25) is 10.8 Å². The second-order valence-electron chi connectivity index (χ2n) is 2.85. The van der Waals surface area contributed by atoms with Crippen LogP contribution < -0.4 is 11.2 Å². The Morgan fingerprint density at radius 1 is 1.47 bits per heavy atom. The van der Waals surface area contributed by atoms with Crippen LogP contribution in [0.1, 0.15) is 0 Å². The predicted molar refractivity (Wildman–Crippen MR) is 75.4 cm³/mol. The first-order chi connectivity index (χ1) is 7.95. The summed E-state index contributed by atoms with van der Waals surface area (Å²) in [4.78, 5) is 0. The van der Waals surface area contributed by atoms with Gasteiger partial charge in [-0.25, -0.2) is 0 Å². The van der Waals surface area contributed by atoms with Crippen LogP contribution in [0.2, 0.25) is 5.02 Å². The molecule has 1 rings (SSSR count). The van der Waals surface area contributed by atoms with Crippen molar-refractivity contribution in [3.63, 3.8) is 0 Å². The second kappa shape index (κ2) is 6.00. The average Bonchev–Trinajstić information content (AvgIpc) is 2.26. The highest BCUT2D eigenvalue weighted by Crippen LogP contribution is 2.33. The molecule has 17 heavy (non-hydrogen) atoms. The third-order valence-corrected chi connectivity index (χ3v) is 3.76. The molecule has 0 saturated heterocycles. The normalized spacial score (nSPS) is 10.8. The minimum atomic E-state index is -0.396. The summed E-state index contributed by atoms with van der Waals surface area (Å²) < 4.78 is 1.35. The number of nitrogens with one attached hydrogen (secondary N) is 2. The number of halogens is 3. The van der Waals surface area contributed by atoms with Gasteiger partial charge in [-0.15, -0.1) is 0 Å². The molecule has 0 aromatic heterocycles. The molecule has 0 atom stereocenters. The molecule has 0 fully saturated rings. The minimum absolute atomic E-state index is 0.188. The zero-order valence-corrected chi connectivity index (χ0v) is 12.2. The average molecular weight is 379 g/mol. The Morgan fingerprint density at radius 3 is 2.41 bits per heavy atom. The van der Waals surface area contributed by atoms with Crippen molar-refractivity contribution in [1.29, 1.82) is 10.7 Å². The van der Waals surface area contributed by atoms with Crippen LogP contribution in [0, 0.1) is 16.7 Å². The molecule has 0 aliphatic heterocycles. The number of amidine groups is 1. The van der Waals surface area contributed by atoms with Crippen molar-refractivity contribution >= 4 is 60.7 Å². The quantitative estimate of drug-likeness (QED) is 0.326. The van der Waals surface area contributed by atoms with Crippen molar-refractivity contribution in [2.75, 3.05) is 5.43 Å². The lowest BCUT2D eigenvalue weighted by Crippen LogP contribution is -2.21. The van der Waals surface area contributed by atoms with E-state index in [2.05, 4.69) is 42.4 Å². The Morgan fingerprint density at radius 2 is 2.00 bits per heavy atom. The maximum Gasteiger partial charge on any atom is 0.201 e. The fourth-order valence-electron chi connectivity index (χ4n) is 0.886. The van der Waals surface area contributed by atoms with Crippen LogP contribution in [0.4, 0.5) is 5.69 Å². The third-order valence-electron chi connectivity index (χ3n) is 1.64. The smallest absolute Gasteiger partial charge is 0.201 e. The van der Waals surface area contributed by atoms with Gasteiger partial charge in [0.05, 0.1) is 10.7 Å². The monoisotopic (exact) mass is 377 g/mol. The summed E-state index contributed by atoms with van der Waals surface area (Å²) in [6.45, 7) is 0. The Labute approximate surface area is 119 Å². The molecule has 0 bridgehead atoms. The molecule has 0 amide bonds. The maximum absolute atomic E-state index is 8.65. The van der Waals surface area contributed by atoms with E-state index in [4.69, 9.17) is 28.0 Å². The zero-order chi connectivity index (χ0) is 13.0. The molecule has 8 heteroatoms. The van der Waals surface area contributed by atoms with E-state index < -0.39 is 5.84 Å². The number of hydrogen-bond acceptors (Lipinski definition) is 4. The highest BCUT2D eigenvalue weighted by Gasteiger charge is 2.05. The van der Waals surface area contributed by atoms with E-state index in [1.165, 1.54) is 0 Å².